The van der Waals surface area contributed by atoms with Crippen LogP contribution in [0.2, 0.25) is 0 Å². The molecule has 56 valence electrons. The lowest BCUT2D eigenvalue weighted by molar-refractivity contribution is -0.132. The molecule has 0 bridgehead atoms. The summed E-state index contributed by atoms with van der Waals surface area (Å²) in [4.78, 5) is 21.0. The largest absolute Gasteiger partial charge is 0.501 e. The number of methoxy groups -OCH3 is 1. The summed E-state index contributed by atoms with van der Waals surface area (Å²) in [6.07, 6.45) is 1.17. The topological polar surface area (TPSA) is 43.4 Å². The quantitative estimate of drug-likeness (QED) is 0.331. The predicted molar refractivity (Wildman–Crippen MR) is 36.5 cm³/mol. The monoisotopic (exact) mass is 142 g/mol. The van der Waals surface area contributed by atoms with E-state index in [4.69, 9.17) is 0 Å². The van der Waals surface area contributed by atoms with Gasteiger partial charge in [-0.1, -0.05) is 0 Å². The highest BCUT2D eigenvalue weighted by molar-refractivity contribution is 6.40. The summed E-state index contributed by atoms with van der Waals surface area (Å²) in [6.45, 7) is 2.84. The molecular weight excluding hydrogens is 132 g/mol. The lowest BCUT2D eigenvalue weighted by Gasteiger charge is -1.94. The molecule has 10 heavy (non-hydrogen) atoms. The first-order valence-electron chi connectivity index (χ1n) is 2.85. The van der Waals surface area contributed by atoms with Gasteiger partial charge in [-0.2, -0.15) is 0 Å². The maximum Gasteiger partial charge on any atom is 0.224 e. The average molecular weight is 142 g/mol. The zero-order valence-electron chi connectivity index (χ0n) is 6.30. The van der Waals surface area contributed by atoms with E-state index in [0.29, 0.717) is 5.76 Å². The van der Waals surface area contributed by atoms with Gasteiger partial charge in [-0.15, -0.1) is 0 Å². The van der Waals surface area contributed by atoms with Gasteiger partial charge < -0.3 is 4.74 Å². The van der Waals surface area contributed by atoms with Crippen LogP contribution in [0.1, 0.15) is 13.8 Å². The molecule has 0 rings (SSSR count). The summed E-state index contributed by atoms with van der Waals surface area (Å²) in [5.74, 6) is -0.559. The van der Waals surface area contributed by atoms with Gasteiger partial charge in [0, 0.05) is 13.0 Å². The van der Waals surface area contributed by atoms with Gasteiger partial charge >= 0.3 is 0 Å². The Balaban J connectivity index is 4.13. The SMILES string of the molecule is CO/C(C)=C\C(=O)C(C)=O. The van der Waals surface area contributed by atoms with Crippen molar-refractivity contribution in [3.63, 3.8) is 0 Å². The van der Waals surface area contributed by atoms with Gasteiger partial charge in [0.15, 0.2) is 5.78 Å². The summed E-state index contributed by atoms with van der Waals surface area (Å²) in [5.41, 5.74) is 0. The van der Waals surface area contributed by atoms with Crippen LogP contribution in [0.25, 0.3) is 0 Å². The zero-order valence-corrected chi connectivity index (χ0v) is 6.30. The summed E-state index contributed by atoms with van der Waals surface area (Å²) in [6, 6.07) is 0. The van der Waals surface area contributed by atoms with Crippen molar-refractivity contribution in [2.24, 2.45) is 0 Å². The molecule has 0 amide bonds. The number of hydrogen-bond donors (Lipinski definition) is 0. The Morgan fingerprint density at radius 2 is 1.80 bits per heavy atom. The molecule has 0 unspecified atom stereocenters. The number of ketones is 2. The molecule has 0 aliphatic rings. The molecular formula is C7H10O3. The van der Waals surface area contributed by atoms with E-state index in [2.05, 4.69) is 4.74 Å². The molecule has 3 nitrogen and oxygen atoms in total. The Bertz CT molecular complexity index is 179. The van der Waals surface area contributed by atoms with Crippen LogP contribution in [-0.4, -0.2) is 18.7 Å². The normalized spacial score (nSPS) is 10.9. The molecule has 0 aromatic heterocycles. The zero-order chi connectivity index (χ0) is 8.15. The Morgan fingerprint density at radius 3 is 2.10 bits per heavy atom. The average Bonchev–Trinajstić information content (AvgIpc) is 1.87. The number of rotatable bonds is 3. The molecule has 0 aromatic rings. The van der Waals surface area contributed by atoms with E-state index in [0.717, 1.165) is 0 Å². The Kier molecular flexibility index (Phi) is 3.39. The number of Topliss-reactive ketones (excluding diaryl/α,β-unsaturated/α-hetero) is 1. The Hall–Kier alpha value is -1.12. The van der Waals surface area contributed by atoms with E-state index in [9.17, 15) is 9.59 Å². The van der Waals surface area contributed by atoms with Crippen molar-refractivity contribution in [2.45, 2.75) is 13.8 Å². The standard InChI is InChI=1S/C7H10O3/c1-5(10-3)4-7(9)6(2)8/h4H,1-3H3/b5-4-. The Labute approximate surface area is 59.7 Å². The fourth-order valence-electron chi connectivity index (χ4n) is 0.345. The minimum atomic E-state index is -0.528. The van der Waals surface area contributed by atoms with Gasteiger partial charge in [0.05, 0.1) is 12.9 Å². The lowest BCUT2D eigenvalue weighted by atomic mass is 10.2. The fourth-order valence-corrected chi connectivity index (χ4v) is 0.345. The number of hydrogen-bond acceptors (Lipinski definition) is 3. The van der Waals surface area contributed by atoms with Crippen molar-refractivity contribution in [3.8, 4) is 0 Å². The van der Waals surface area contributed by atoms with Gasteiger partial charge in [0.1, 0.15) is 0 Å². The van der Waals surface area contributed by atoms with Crippen LogP contribution in [0, 0.1) is 0 Å². The molecule has 0 fully saturated rings. The van der Waals surface area contributed by atoms with E-state index >= 15 is 0 Å². The van der Waals surface area contributed by atoms with Crippen molar-refractivity contribution in [3.05, 3.63) is 11.8 Å². The number of ether oxygens (including phenoxy) is 1. The molecule has 0 radical (unpaired) electrons. The highest BCUT2D eigenvalue weighted by atomic mass is 16.5. The van der Waals surface area contributed by atoms with E-state index in [1.165, 1.54) is 20.1 Å². The Morgan fingerprint density at radius 1 is 1.30 bits per heavy atom. The van der Waals surface area contributed by atoms with E-state index < -0.39 is 11.6 Å². The summed E-state index contributed by atoms with van der Waals surface area (Å²) >= 11 is 0. The molecule has 0 saturated heterocycles. The molecule has 0 aliphatic carbocycles. The number of carbonyl (C=O) groups is 2. The maximum atomic E-state index is 10.6. The van der Waals surface area contributed by atoms with Crippen LogP contribution >= 0.6 is 0 Å². The molecule has 0 N–H and O–H groups in total. The number of carbonyl (C=O) groups excluding carboxylic acids is 2. The first kappa shape index (κ1) is 8.88. The first-order chi connectivity index (χ1) is 4.57. The summed E-state index contributed by atoms with van der Waals surface area (Å²) in [5, 5.41) is 0. The van der Waals surface area contributed by atoms with Crippen molar-refractivity contribution in [1.82, 2.24) is 0 Å². The van der Waals surface area contributed by atoms with Crippen LogP contribution < -0.4 is 0 Å². The van der Waals surface area contributed by atoms with Crippen molar-refractivity contribution < 1.29 is 14.3 Å². The third kappa shape index (κ3) is 3.02. The van der Waals surface area contributed by atoms with Crippen LogP contribution in [0.4, 0.5) is 0 Å². The van der Waals surface area contributed by atoms with Gasteiger partial charge in [0.25, 0.3) is 0 Å². The van der Waals surface area contributed by atoms with E-state index in [-0.39, 0.29) is 0 Å². The van der Waals surface area contributed by atoms with Crippen LogP contribution in [0.15, 0.2) is 11.8 Å². The minimum absolute atomic E-state index is 0.445. The molecule has 3 heteroatoms. The second-order valence-corrected chi connectivity index (χ2v) is 1.88. The van der Waals surface area contributed by atoms with Crippen molar-refractivity contribution in [1.29, 1.82) is 0 Å². The third-order valence-corrected chi connectivity index (χ3v) is 1.00. The fraction of sp³-hybridized carbons (Fsp3) is 0.429. The first-order valence-corrected chi connectivity index (χ1v) is 2.85. The second kappa shape index (κ2) is 3.82. The van der Waals surface area contributed by atoms with E-state index in [1.807, 2.05) is 0 Å². The molecule has 0 heterocycles. The van der Waals surface area contributed by atoms with Crippen LogP contribution in [0.5, 0.6) is 0 Å². The second-order valence-electron chi connectivity index (χ2n) is 1.88. The summed E-state index contributed by atoms with van der Waals surface area (Å²) < 4.78 is 4.66. The molecule has 0 aliphatic heterocycles. The summed E-state index contributed by atoms with van der Waals surface area (Å²) in [7, 11) is 1.44. The third-order valence-electron chi connectivity index (χ3n) is 1.00. The highest BCUT2D eigenvalue weighted by Gasteiger charge is 2.03. The van der Waals surface area contributed by atoms with Crippen LogP contribution in [0.3, 0.4) is 0 Å². The molecule has 0 saturated carbocycles. The smallest absolute Gasteiger partial charge is 0.224 e. The molecule has 0 aromatic carbocycles. The van der Waals surface area contributed by atoms with Gasteiger partial charge in [0.2, 0.25) is 5.78 Å². The minimum Gasteiger partial charge on any atom is -0.501 e. The predicted octanol–water partition coefficient (Wildman–Crippen LogP) is 0.695. The molecule has 0 atom stereocenters. The maximum absolute atomic E-state index is 10.6. The lowest BCUT2D eigenvalue weighted by Crippen LogP contribution is -2.06. The van der Waals surface area contributed by atoms with Gasteiger partial charge in [-0.3, -0.25) is 9.59 Å². The number of allylic oxidation sites excluding steroid dienone is 2. The highest BCUT2D eigenvalue weighted by Crippen LogP contribution is 1.92. The van der Waals surface area contributed by atoms with Gasteiger partial charge in [-0.25, -0.2) is 0 Å². The van der Waals surface area contributed by atoms with Crippen LogP contribution in [-0.2, 0) is 14.3 Å². The molecule has 0 spiro atoms. The van der Waals surface area contributed by atoms with Crippen molar-refractivity contribution in [2.75, 3.05) is 7.11 Å². The van der Waals surface area contributed by atoms with E-state index in [1.54, 1.807) is 6.92 Å². The van der Waals surface area contributed by atoms with Gasteiger partial charge in [-0.05, 0) is 6.92 Å². The van der Waals surface area contributed by atoms with Crippen molar-refractivity contribution >= 4 is 11.6 Å².